The van der Waals surface area contributed by atoms with E-state index >= 15 is 0 Å². The molecule has 1 atom stereocenters. The minimum Gasteiger partial charge on any atom is -0.378 e. The molecular formula is C20H28N4O3. The van der Waals surface area contributed by atoms with Crippen molar-refractivity contribution in [3.63, 3.8) is 0 Å². The van der Waals surface area contributed by atoms with Gasteiger partial charge in [-0.25, -0.2) is 0 Å². The van der Waals surface area contributed by atoms with Gasteiger partial charge in [0.05, 0.1) is 19.8 Å². The first-order chi connectivity index (χ1) is 13.2. The number of carbonyl (C=O) groups excluding carboxylic acids is 2. The van der Waals surface area contributed by atoms with Crippen molar-refractivity contribution in [3.05, 3.63) is 35.4 Å². The number of ether oxygens (including phenoxy) is 1. The summed E-state index contributed by atoms with van der Waals surface area (Å²) in [6, 6.07) is 8.03. The number of fused-ring (bicyclic) bond motifs is 1. The average Bonchev–Trinajstić information content (AvgIpc) is 2.73. The van der Waals surface area contributed by atoms with E-state index in [2.05, 4.69) is 34.5 Å². The van der Waals surface area contributed by atoms with Gasteiger partial charge in [0.1, 0.15) is 6.04 Å². The third-order valence-corrected chi connectivity index (χ3v) is 5.74. The first-order valence-electron chi connectivity index (χ1n) is 9.88. The Labute approximate surface area is 160 Å². The highest BCUT2D eigenvalue weighted by Gasteiger charge is 2.35. The molecule has 0 aliphatic carbocycles. The van der Waals surface area contributed by atoms with Gasteiger partial charge >= 0.3 is 0 Å². The molecule has 3 aliphatic rings. The molecule has 0 spiro atoms. The van der Waals surface area contributed by atoms with Crippen LogP contribution >= 0.6 is 0 Å². The summed E-state index contributed by atoms with van der Waals surface area (Å²) in [5.41, 5.74) is 2.68. The summed E-state index contributed by atoms with van der Waals surface area (Å²) in [5, 5.41) is 3.27. The Hall–Kier alpha value is -1.96. The van der Waals surface area contributed by atoms with Crippen LogP contribution in [0.15, 0.2) is 24.3 Å². The van der Waals surface area contributed by atoms with E-state index in [0.717, 1.165) is 26.1 Å². The van der Waals surface area contributed by atoms with Crippen LogP contribution in [-0.4, -0.2) is 91.6 Å². The molecule has 7 nitrogen and oxygen atoms in total. The Bertz CT molecular complexity index is 690. The second kappa shape index (κ2) is 8.37. The van der Waals surface area contributed by atoms with Crippen molar-refractivity contribution in [2.24, 2.45) is 0 Å². The summed E-state index contributed by atoms with van der Waals surface area (Å²) in [6.07, 6.45) is 0.973. The monoisotopic (exact) mass is 372 g/mol. The molecule has 2 amide bonds. The molecule has 3 aliphatic heterocycles. The molecule has 0 saturated carbocycles. The van der Waals surface area contributed by atoms with Crippen molar-refractivity contribution in [2.45, 2.75) is 19.0 Å². The van der Waals surface area contributed by atoms with Crippen molar-refractivity contribution in [2.75, 3.05) is 59.0 Å². The number of carbonyl (C=O) groups is 2. The maximum Gasteiger partial charge on any atom is 0.246 e. The van der Waals surface area contributed by atoms with Gasteiger partial charge in [-0.3, -0.25) is 14.5 Å². The van der Waals surface area contributed by atoms with Crippen molar-refractivity contribution < 1.29 is 14.3 Å². The second-order valence-electron chi connectivity index (χ2n) is 7.47. The number of piperazine rings is 1. The lowest BCUT2D eigenvalue weighted by Gasteiger charge is -2.40. The standard InChI is InChI=1S/C20H28N4O3/c25-19(15-22-7-5-16-3-1-2-4-17(16)14-22)24-8-6-21-13-18(24)20(26)23-9-11-27-12-10-23/h1-4,18,21H,5-15H2/t18-/m0/s1. The Morgan fingerprint density at radius 2 is 1.85 bits per heavy atom. The van der Waals surface area contributed by atoms with Gasteiger partial charge in [0.25, 0.3) is 0 Å². The number of rotatable bonds is 3. The average molecular weight is 372 g/mol. The molecule has 0 unspecified atom stereocenters. The van der Waals surface area contributed by atoms with Gasteiger partial charge in [-0.1, -0.05) is 24.3 Å². The van der Waals surface area contributed by atoms with Crippen LogP contribution in [0.1, 0.15) is 11.1 Å². The quantitative estimate of drug-likeness (QED) is 0.790. The molecule has 0 aromatic heterocycles. The molecule has 27 heavy (non-hydrogen) atoms. The van der Waals surface area contributed by atoms with Gasteiger partial charge < -0.3 is 19.9 Å². The maximum atomic E-state index is 13.0. The Morgan fingerprint density at radius 3 is 2.67 bits per heavy atom. The Balaban J connectivity index is 1.39. The number of nitrogens with zero attached hydrogens (tertiary/aromatic N) is 3. The first-order valence-corrected chi connectivity index (χ1v) is 9.88. The van der Waals surface area contributed by atoms with E-state index in [9.17, 15) is 9.59 Å². The van der Waals surface area contributed by atoms with Gasteiger partial charge in [0.15, 0.2) is 0 Å². The van der Waals surface area contributed by atoms with E-state index < -0.39 is 6.04 Å². The van der Waals surface area contributed by atoms with Crippen molar-refractivity contribution >= 4 is 11.8 Å². The summed E-state index contributed by atoms with van der Waals surface area (Å²) < 4.78 is 5.34. The summed E-state index contributed by atoms with van der Waals surface area (Å²) in [4.78, 5) is 31.8. The minimum absolute atomic E-state index is 0.0443. The van der Waals surface area contributed by atoms with E-state index in [-0.39, 0.29) is 11.8 Å². The smallest absolute Gasteiger partial charge is 0.246 e. The molecule has 1 N–H and O–H groups in total. The number of hydrogen-bond donors (Lipinski definition) is 1. The largest absolute Gasteiger partial charge is 0.378 e. The van der Waals surface area contributed by atoms with E-state index in [4.69, 9.17) is 4.74 Å². The number of hydrogen-bond acceptors (Lipinski definition) is 5. The minimum atomic E-state index is -0.401. The van der Waals surface area contributed by atoms with Crippen LogP contribution in [0.4, 0.5) is 0 Å². The zero-order valence-electron chi connectivity index (χ0n) is 15.7. The molecule has 1 aromatic rings. The lowest BCUT2D eigenvalue weighted by atomic mass is 10.00. The van der Waals surface area contributed by atoms with Gasteiger partial charge in [0.2, 0.25) is 11.8 Å². The van der Waals surface area contributed by atoms with Gasteiger partial charge in [-0.05, 0) is 17.5 Å². The number of morpholine rings is 1. The van der Waals surface area contributed by atoms with E-state index in [1.165, 1.54) is 11.1 Å². The molecule has 146 valence electrons. The van der Waals surface area contributed by atoms with Crippen molar-refractivity contribution in [1.82, 2.24) is 20.0 Å². The van der Waals surface area contributed by atoms with Crippen LogP contribution in [0, 0.1) is 0 Å². The summed E-state index contributed by atoms with van der Waals surface area (Å²) in [5.74, 6) is 0.102. The fraction of sp³-hybridized carbons (Fsp3) is 0.600. The van der Waals surface area contributed by atoms with Crippen LogP contribution < -0.4 is 5.32 Å². The van der Waals surface area contributed by atoms with Gasteiger partial charge in [0, 0.05) is 45.8 Å². The predicted octanol–water partition coefficient (Wildman–Crippen LogP) is -0.296. The molecule has 3 heterocycles. The summed E-state index contributed by atoms with van der Waals surface area (Å²) >= 11 is 0. The third-order valence-electron chi connectivity index (χ3n) is 5.74. The summed E-state index contributed by atoms with van der Waals surface area (Å²) in [7, 11) is 0. The van der Waals surface area contributed by atoms with Crippen molar-refractivity contribution in [3.8, 4) is 0 Å². The van der Waals surface area contributed by atoms with E-state index in [1.807, 2.05) is 4.90 Å². The molecule has 2 fully saturated rings. The topological polar surface area (TPSA) is 65.1 Å². The van der Waals surface area contributed by atoms with Crippen LogP contribution in [0.25, 0.3) is 0 Å². The van der Waals surface area contributed by atoms with Crippen LogP contribution in [0.3, 0.4) is 0 Å². The second-order valence-corrected chi connectivity index (χ2v) is 7.47. The predicted molar refractivity (Wildman–Crippen MR) is 101 cm³/mol. The third kappa shape index (κ3) is 4.15. The lowest BCUT2D eigenvalue weighted by molar-refractivity contribution is -0.150. The van der Waals surface area contributed by atoms with E-state index in [0.29, 0.717) is 45.9 Å². The maximum absolute atomic E-state index is 13.0. The lowest BCUT2D eigenvalue weighted by Crippen LogP contribution is -2.62. The number of nitrogens with one attached hydrogen (secondary N) is 1. The molecule has 7 heteroatoms. The fourth-order valence-corrected chi connectivity index (χ4v) is 4.19. The zero-order valence-corrected chi connectivity index (χ0v) is 15.7. The highest BCUT2D eigenvalue weighted by molar-refractivity contribution is 5.89. The molecule has 2 saturated heterocycles. The fourth-order valence-electron chi connectivity index (χ4n) is 4.19. The molecule has 1 aromatic carbocycles. The van der Waals surface area contributed by atoms with Gasteiger partial charge in [-0.2, -0.15) is 0 Å². The van der Waals surface area contributed by atoms with E-state index in [1.54, 1.807) is 4.90 Å². The Kier molecular flexibility index (Phi) is 5.71. The number of amides is 2. The van der Waals surface area contributed by atoms with Crippen LogP contribution in [0.2, 0.25) is 0 Å². The SMILES string of the molecule is O=C([C@@H]1CNCCN1C(=O)CN1CCc2ccccc2C1)N1CCOCC1. The van der Waals surface area contributed by atoms with Crippen LogP contribution in [-0.2, 0) is 27.3 Å². The number of benzene rings is 1. The first kappa shape index (κ1) is 18.4. The van der Waals surface area contributed by atoms with Crippen molar-refractivity contribution in [1.29, 1.82) is 0 Å². The summed E-state index contributed by atoms with van der Waals surface area (Å²) in [6.45, 7) is 6.30. The zero-order chi connectivity index (χ0) is 18.6. The highest BCUT2D eigenvalue weighted by atomic mass is 16.5. The molecular weight excluding hydrogens is 344 g/mol. The highest BCUT2D eigenvalue weighted by Crippen LogP contribution is 2.19. The molecule has 4 rings (SSSR count). The molecule has 0 radical (unpaired) electrons. The van der Waals surface area contributed by atoms with Crippen LogP contribution in [0.5, 0.6) is 0 Å². The Morgan fingerprint density at radius 1 is 1.07 bits per heavy atom. The molecule has 0 bridgehead atoms. The van der Waals surface area contributed by atoms with Gasteiger partial charge in [-0.15, -0.1) is 0 Å². The normalized spacial score (nSPS) is 23.8.